The molecule has 0 aliphatic carbocycles. The van der Waals surface area contributed by atoms with Crippen molar-refractivity contribution in [1.82, 2.24) is 0 Å². The van der Waals surface area contributed by atoms with Crippen molar-refractivity contribution in [2.75, 3.05) is 12.3 Å². The summed E-state index contributed by atoms with van der Waals surface area (Å²) in [6.07, 6.45) is 1.50. The molecule has 0 saturated heterocycles. The smallest absolute Gasteiger partial charge is 0.243 e. The molecule has 0 heterocycles. The van der Waals surface area contributed by atoms with Crippen LogP contribution in [0.15, 0.2) is 35.7 Å². The van der Waals surface area contributed by atoms with Crippen molar-refractivity contribution < 1.29 is 13.2 Å². The van der Waals surface area contributed by atoms with Gasteiger partial charge in [-0.2, -0.15) is 0 Å². The van der Waals surface area contributed by atoms with E-state index in [4.69, 9.17) is 15.6 Å². The standard InChI is InChI=1S/C9H12N2O3S/c1-2-6-14-8-5-3-4-7(10)9(8)15(11,12)13/h2-5H,1,6,10H2,(H2,11,12,13). The van der Waals surface area contributed by atoms with E-state index in [9.17, 15) is 8.42 Å². The summed E-state index contributed by atoms with van der Waals surface area (Å²) in [6, 6.07) is 4.52. The summed E-state index contributed by atoms with van der Waals surface area (Å²) < 4.78 is 27.6. The highest BCUT2D eigenvalue weighted by molar-refractivity contribution is 7.89. The third-order valence-electron chi connectivity index (χ3n) is 1.65. The van der Waals surface area contributed by atoms with E-state index in [1.807, 2.05) is 0 Å². The number of primary sulfonamides is 1. The monoisotopic (exact) mass is 228 g/mol. The van der Waals surface area contributed by atoms with E-state index < -0.39 is 10.0 Å². The van der Waals surface area contributed by atoms with Gasteiger partial charge in [0, 0.05) is 0 Å². The van der Waals surface area contributed by atoms with Crippen molar-refractivity contribution in [2.24, 2.45) is 5.14 Å². The van der Waals surface area contributed by atoms with Crippen molar-refractivity contribution in [1.29, 1.82) is 0 Å². The highest BCUT2D eigenvalue weighted by atomic mass is 32.2. The number of rotatable bonds is 4. The molecule has 1 aromatic rings. The Labute approximate surface area is 88.4 Å². The van der Waals surface area contributed by atoms with E-state index >= 15 is 0 Å². The Morgan fingerprint density at radius 1 is 1.47 bits per heavy atom. The molecule has 15 heavy (non-hydrogen) atoms. The first-order valence-electron chi connectivity index (χ1n) is 4.12. The molecule has 0 aromatic heterocycles. The maximum absolute atomic E-state index is 11.2. The predicted octanol–water partition coefficient (Wildman–Crippen LogP) is 0.481. The molecule has 0 amide bonds. The van der Waals surface area contributed by atoms with Gasteiger partial charge < -0.3 is 10.5 Å². The number of hydrogen-bond acceptors (Lipinski definition) is 4. The van der Waals surface area contributed by atoms with E-state index in [2.05, 4.69) is 6.58 Å². The molecule has 0 fully saturated rings. The minimum Gasteiger partial charge on any atom is -0.488 e. The molecule has 1 aromatic carbocycles. The Morgan fingerprint density at radius 2 is 2.13 bits per heavy atom. The lowest BCUT2D eigenvalue weighted by Gasteiger charge is -2.10. The molecule has 4 N–H and O–H groups in total. The normalized spacial score (nSPS) is 11.0. The van der Waals surface area contributed by atoms with Gasteiger partial charge in [0.05, 0.1) is 5.69 Å². The maximum Gasteiger partial charge on any atom is 0.243 e. The second-order valence-corrected chi connectivity index (χ2v) is 4.32. The molecule has 0 atom stereocenters. The molecule has 0 saturated carbocycles. The number of nitrogen functional groups attached to an aromatic ring is 1. The zero-order chi connectivity index (χ0) is 11.5. The number of ether oxygens (including phenoxy) is 1. The van der Waals surface area contributed by atoms with E-state index in [0.29, 0.717) is 0 Å². The topological polar surface area (TPSA) is 95.4 Å². The van der Waals surface area contributed by atoms with Crippen LogP contribution in [-0.4, -0.2) is 15.0 Å². The molecule has 1 rings (SSSR count). The van der Waals surface area contributed by atoms with Crippen LogP contribution in [0.5, 0.6) is 5.75 Å². The first-order chi connectivity index (χ1) is 6.96. The van der Waals surface area contributed by atoms with Crippen LogP contribution < -0.4 is 15.6 Å². The predicted molar refractivity (Wildman–Crippen MR) is 57.9 cm³/mol. The van der Waals surface area contributed by atoms with Crippen molar-refractivity contribution in [2.45, 2.75) is 4.90 Å². The molecular formula is C9H12N2O3S. The number of anilines is 1. The van der Waals surface area contributed by atoms with Gasteiger partial charge >= 0.3 is 0 Å². The fourth-order valence-corrected chi connectivity index (χ4v) is 1.90. The summed E-state index contributed by atoms with van der Waals surface area (Å²) in [5, 5.41) is 5.02. The summed E-state index contributed by atoms with van der Waals surface area (Å²) in [4.78, 5) is -0.188. The first-order valence-corrected chi connectivity index (χ1v) is 5.66. The van der Waals surface area contributed by atoms with Gasteiger partial charge in [0.25, 0.3) is 0 Å². The second-order valence-electron chi connectivity index (χ2n) is 2.82. The Bertz CT molecular complexity index is 468. The molecule has 0 radical (unpaired) electrons. The van der Waals surface area contributed by atoms with Gasteiger partial charge in [-0.3, -0.25) is 0 Å². The zero-order valence-electron chi connectivity index (χ0n) is 8.01. The van der Waals surface area contributed by atoms with Gasteiger partial charge in [0.15, 0.2) is 0 Å². The van der Waals surface area contributed by atoms with Crippen LogP contribution in [0, 0.1) is 0 Å². The van der Waals surface area contributed by atoms with Crippen LogP contribution >= 0.6 is 0 Å². The molecular weight excluding hydrogens is 216 g/mol. The van der Waals surface area contributed by atoms with E-state index in [-0.39, 0.29) is 22.9 Å². The molecule has 0 aliphatic heterocycles. The van der Waals surface area contributed by atoms with E-state index in [1.54, 1.807) is 6.07 Å². The van der Waals surface area contributed by atoms with Crippen LogP contribution in [-0.2, 0) is 10.0 Å². The lowest BCUT2D eigenvalue weighted by Crippen LogP contribution is -2.16. The van der Waals surface area contributed by atoms with Gasteiger partial charge in [-0.1, -0.05) is 18.7 Å². The number of sulfonamides is 1. The van der Waals surface area contributed by atoms with Gasteiger partial charge in [0.1, 0.15) is 17.3 Å². The first kappa shape index (κ1) is 11.5. The summed E-state index contributed by atoms with van der Waals surface area (Å²) in [7, 11) is -3.88. The second kappa shape index (κ2) is 4.33. The summed E-state index contributed by atoms with van der Waals surface area (Å²) >= 11 is 0. The fourth-order valence-electron chi connectivity index (χ4n) is 1.10. The van der Waals surface area contributed by atoms with Gasteiger partial charge in [0.2, 0.25) is 10.0 Å². The van der Waals surface area contributed by atoms with Crippen LogP contribution in [0.4, 0.5) is 5.69 Å². The molecule has 0 unspecified atom stereocenters. The minimum atomic E-state index is -3.88. The fraction of sp³-hybridized carbons (Fsp3) is 0.111. The Balaban J connectivity index is 3.27. The summed E-state index contributed by atoms with van der Waals surface area (Å²) in [5.74, 6) is 0.136. The molecule has 0 spiro atoms. The Hall–Kier alpha value is -1.53. The van der Waals surface area contributed by atoms with Crippen molar-refractivity contribution in [3.63, 3.8) is 0 Å². The van der Waals surface area contributed by atoms with Crippen molar-refractivity contribution >= 4 is 15.7 Å². The molecule has 82 valence electrons. The largest absolute Gasteiger partial charge is 0.488 e. The van der Waals surface area contributed by atoms with Crippen LogP contribution in [0.3, 0.4) is 0 Å². The van der Waals surface area contributed by atoms with Gasteiger partial charge in [-0.05, 0) is 12.1 Å². The molecule has 0 aliphatic rings. The highest BCUT2D eigenvalue weighted by Gasteiger charge is 2.18. The SMILES string of the molecule is C=CCOc1cccc(N)c1S(N)(=O)=O. The Kier molecular flexibility index (Phi) is 3.33. The van der Waals surface area contributed by atoms with Crippen LogP contribution in [0.25, 0.3) is 0 Å². The van der Waals surface area contributed by atoms with Gasteiger partial charge in [-0.25, -0.2) is 13.6 Å². The highest BCUT2D eigenvalue weighted by Crippen LogP contribution is 2.28. The lowest BCUT2D eigenvalue weighted by molar-refractivity contribution is 0.354. The number of benzene rings is 1. The molecule has 0 bridgehead atoms. The van der Waals surface area contributed by atoms with Crippen LogP contribution in [0.2, 0.25) is 0 Å². The van der Waals surface area contributed by atoms with Crippen molar-refractivity contribution in [3.8, 4) is 5.75 Å². The van der Waals surface area contributed by atoms with E-state index in [0.717, 1.165) is 0 Å². The number of nitrogens with two attached hydrogens (primary N) is 2. The van der Waals surface area contributed by atoms with E-state index in [1.165, 1.54) is 18.2 Å². The lowest BCUT2D eigenvalue weighted by atomic mass is 10.3. The molecule has 6 heteroatoms. The maximum atomic E-state index is 11.2. The quantitative estimate of drug-likeness (QED) is 0.578. The summed E-state index contributed by atoms with van der Waals surface area (Å²) in [6.45, 7) is 3.64. The average molecular weight is 228 g/mol. The van der Waals surface area contributed by atoms with Crippen LogP contribution in [0.1, 0.15) is 0 Å². The third-order valence-corrected chi connectivity index (χ3v) is 2.66. The third kappa shape index (κ3) is 2.71. The minimum absolute atomic E-state index is 0.0686. The van der Waals surface area contributed by atoms with Crippen molar-refractivity contribution in [3.05, 3.63) is 30.9 Å². The Morgan fingerprint density at radius 3 is 2.67 bits per heavy atom. The van der Waals surface area contributed by atoms with Gasteiger partial charge in [-0.15, -0.1) is 0 Å². The number of hydrogen-bond donors (Lipinski definition) is 2. The molecule has 5 nitrogen and oxygen atoms in total. The summed E-state index contributed by atoms with van der Waals surface area (Å²) in [5.41, 5.74) is 5.58. The zero-order valence-corrected chi connectivity index (χ0v) is 8.83. The average Bonchev–Trinajstić information content (AvgIpc) is 2.12.